The second-order valence-electron chi connectivity index (χ2n) is 8.17. The van der Waals surface area contributed by atoms with Gasteiger partial charge in [0, 0.05) is 13.0 Å². The predicted molar refractivity (Wildman–Crippen MR) is 114 cm³/mol. The molecule has 0 aromatic heterocycles. The molecule has 2 aliphatic rings. The third-order valence-corrected chi connectivity index (χ3v) is 5.91. The van der Waals surface area contributed by atoms with Gasteiger partial charge in [-0.15, -0.1) is 0 Å². The van der Waals surface area contributed by atoms with Crippen LogP contribution in [-0.4, -0.2) is 82.7 Å². The Morgan fingerprint density at radius 3 is 2.38 bits per heavy atom. The number of hydrogen-bond acceptors (Lipinski definition) is 6. The van der Waals surface area contributed by atoms with Gasteiger partial charge in [0.2, 0.25) is 17.7 Å². The van der Waals surface area contributed by atoms with Crippen LogP contribution in [-0.2, 0) is 25.6 Å². The summed E-state index contributed by atoms with van der Waals surface area (Å²) in [5.41, 5.74) is 0.767. The van der Waals surface area contributed by atoms with E-state index in [4.69, 9.17) is 0 Å². The SMILES string of the molecule is O=C(O)C(Cc1ccccc1)NC(=O)C1CCCN1C(=O)C(CO)NC(=O)C1CCCN1. The topological polar surface area (TPSA) is 148 Å². The average Bonchev–Trinajstić information content (AvgIpc) is 3.49. The highest BCUT2D eigenvalue weighted by molar-refractivity contribution is 5.94. The van der Waals surface area contributed by atoms with Crippen LogP contribution in [0.2, 0.25) is 0 Å². The maximum absolute atomic E-state index is 13.0. The summed E-state index contributed by atoms with van der Waals surface area (Å²) in [6, 6.07) is 5.42. The number of likely N-dealkylation sites (tertiary alicyclic amines) is 1. The van der Waals surface area contributed by atoms with Crippen molar-refractivity contribution in [2.24, 2.45) is 0 Å². The number of carboxylic acids is 1. The number of aliphatic carboxylic acids is 1. The molecule has 2 aliphatic heterocycles. The van der Waals surface area contributed by atoms with Crippen molar-refractivity contribution < 1.29 is 29.4 Å². The number of aliphatic hydroxyl groups is 1. The predicted octanol–water partition coefficient (Wildman–Crippen LogP) is -0.981. The van der Waals surface area contributed by atoms with Crippen molar-refractivity contribution in [3.05, 3.63) is 35.9 Å². The van der Waals surface area contributed by atoms with Gasteiger partial charge in [0.1, 0.15) is 18.1 Å². The first-order valence-electron chi connectivity index (χ1n) is 10.9. The highest BCUT2D eigenvalue weighted by atomic mass is 16.4. The number of carbonyl (C=O) groups is 4. The third-order valence-electron chi connectivity index (χ3n) is 5.91. The highest BCUT2D eigenvalue weighted by Gasteiger charge is 2.39. The van der Waals surface area contributed by atoms with Gasteiger partial charge in [-0.1, -0.05) is 30.3 Å². The fourth-order valence-electron chi connectivity index (χ4n) is 4.19. The van der Waals surface area contributed by atoms with Crippen LogP contribution in [0.15, 0.2) is 30.3 Å². The van der Waals surface area contributed by atoms with Crippen LogP contribution in [0.3, 0.4) is 0 Å². The Bertz CT molecular complexity index is 827. The van der Waals surface area contributed by atoms with E-state index in [1.54, 1.807) is 24.3 Å². The molecule has 3 amide bonds. The van der Waals surface area contributed by atoms with Crippen molar-refractivity contribution in [3.8, 4) is 0 Å². The molecule has 5 N–H and O–H groups in total. The number of benzene rings is 1. The van der Waals surface area contributed by atoms with E-state index in [9.17, 15) is 29.4 Å². The molecular formula is C22H30N4O6. The summed E-state index contributed by atoms with van der Waals surface area (Å²) in [5, 5.41) is 27.4. The average molecular weight is 447 g/mol. The Labute approximate surface area is 186 Å². The number of amides is 3. The van der Waals surface area contributed by atoms with E-state index < -0.39 is 48.6 Å². The molecule has 2 heterocycles. The minimum atomic E-state index is -1.16. The van der Waals surface area contributed by atoms with Crippen LogP contribution in [0.1, 0.15) is 31.2 Å². The second-order valence-corrected chi connectivity index (χ2v) is 8.17. The molecule has 1 aromatic carbocycles. The van der Waals surface area contributed by atoms with Crippen molar-refractivity contribution in [3.63, 3.8) is 0 Å². The largest absolute Gasteiger partial charge is 0.480 e. The minimum Gasteiger partial charge on any atom is -0.480 e. The van der Waals surface area contributed by atoms with Crippen molar-refractivity contribution in [1.82, 2.24) is 20.9 Å². The van der Waals surface area contributed by atoms with Crippen LogP contribution >= 0.6 is 0 Å². The molecule has 0 radical (unpaired) electrons. The Hall–Kier alpha value is -2.98. The van der Waals surface area contributed by atoms with Crippen molar-refractivity contribution in [2.75, 3.05) is 19.7 Å². The smallest absolute Gasteiger partial charge is 0.326 e. The van der Waals surface area contributed by atoms with Gasteiger partial charge in [-0.05, 0) is 37.8 Å². The van der Waals surface area contributed by atoms with E-state index in [0.29, 0.717) is 25.8 Å². The molecule has 2 fully saturated rings. The van der Waals surface area contributed by atoms with Gasteiger partial charge >= 0.3 is 5.97 Å². The number of nitrogens with one attached hydrogen (secondary N) is 3. The summed E-state index contributed by atoms with van der Waals surface area (Å²) in [4.78, 5) is 51.2. The molecule has 1 aromatic rings. The molecular weight excluding hydrogens is 416 g/mol. The summed E-state index contributed by atoms with van der Waals surface area (Å²) in [6.07, 6.45) is 2.58. The number of carbonyl (C=O) groups excluding carboxylic acids is 3. The van der Waals surface area contributed by atoms with Crippen molar-refractivity contribution >= 4 is 23.7 Å². The zero-order valence-corrected chi connectivity index (χ0v) is 17.8. The number of aliphatic hydroxyl groups excluding tert-OH is 1. The molecule has 3 rings (SSSR count). The Morgan fingerprint density at radius 1 is 1.03 bits per heavy atom. The van der Waals surface area contributed by atoms with Crippen LogP contribution in [0.4, 0.5) is 0 Å². The fourth-order valence-corrected chi connectivity index (χ4v) is 4.19. The van der Waals surface area contributed by atoms with Crippen LogP contribution in [0.25, 0.3) is 0 Å². The summed E-state index contributed by atoms with van der Waals surface area (Å²) < 4.78 is 0. The molecule has 0 saturated carbocycles. The first-order valence-corrected chi connectivity index (χ1v) is 10.9. The molecule has 0 aliphatic carbocycles. The molecule has 4 atom stereocenters. The summed E-state index contributed by atoms with van der Waals surface area (Å²) in [6.45, 7) is 0.424. The van der Waals surface area contributed by atoms with E-state index in [-0.39, 0.29) is 12.3 Å². The van der Waals surface area contributed by atoms with E-state index in [0.717, 1.165) is 18.5 Å². The van der Waals surface area contributed by atoms with Gasteiger partial charge in [0.25, 0.3) is 0 Å². The first kappa shape index (κ1) is 23.7. The van der Waals surface area contributed by atoms with Crippen LogP contribution in [0, 0.1) is 0 Å². The van der Waals surface area contributed by atoms with Gasteiger partial charge in [-0.25, -0.2) is 4.79 Å². The monoisotopic (exact) mass is 446 g/mol. The lowest BCUT2D eigenvalue weighted by molar-refractivity contribution is -0.145. The lowest BCUT2D eigenvalue weighted by Gasteiger charge is -2.29. The van der Waals surface area contributed by atoms with E-state index in [1.165, 1.54) is 4.90 Å². The standard InChI is InChI=1S/C22H30N4O6/c27-13-17(25-19(28)15-8-4-10-23-15)21(30)26-11-5-9-18(26)20(29)24-16(22(31)32)12-14-6-2-1-3-7-14/h1-3,6-7,15-18,23,27H,4-5,8-13H2,(H,24,29)(H,25,28)(H,31,32). The number of carboxylic acid groups (broad SMARTS) is 1. The number of hydrogen-bond donors (Lipinski definition) is 5. The Kier molecular flexibility index (Phi) is 8.18. The number of rotatable bonds is 9. The van der Waals surface area contributed by atoms with E-state index in [1.807, 2.05) is 6.07 Å². The van der Waals surface area contributed by atoms with Crippen molar-refractivity contribution in [2.45, 2.75) is 56.3 Å². The first-order chi connectivity index (χ1) is 15.4. The van der Waals surface area contributed by atoms with Gasteiger partial charge < -0.3 is 31.1 Å². The van der Waals surface area contributed by atoms with Crippen molar-refractivity contribution in [1.29, 1.82) is 0 Å². The van der Waals surface area contributed by atoms with Crippen LogP contribution < -0.4 is 16.0 Å². The summed E-state index contributed by atoms with van der Waals surface area (Å²) in [5.74, 6) is -2.63. The second kappa shape index (κ2) is 11.1. The molecule has 10 nitrogen and oxygen atoms in total. The maximum Gasteiger partial charge on any atom is 0.326 e. The lowest BCUT2D eigenvalue weighted by Crippen LogP contribution is -2.57. The molecule has 174 valence electrons. The van der Waals surface area contributed by atoms with Gasteiger partial charge in [-0.2, -0.15) is 0 Å². The fraction of sp³-hybridized carbons (Fsp3) is 0.545. The van der Waals surface area contributed by atoms with Gasteiger partial charge in [-0.3, -0.25) is 14.4 Å². The van der Waals surface area contributed by atoms with Crippen LogP contribution in [0.5, 0.6) is 0 Å². The summed E-state index contributed by atoms with van der Waals surface area (Å²) in [7, 11) is 0. The molecule has 10 heteroatoms. The molecule has 2 saturated heterocycles. The lowest BCUT2D eigenvalue weighted by atomic mass is 10.1. The Balaban J connectivity index is 1.63. The molecule has 0 spiro atoms. The molecule has 32 heavy (non-hydrogen) atoms. The highest BCUT2D eigenvalue weighted by Crippen LogP contribution is 2.19. The quantitative estimate of drug-likeness (QED) is 0.327. The molecule has 0 bridgehead atoms. The van der Waals surface area contributed by atoms with Gasteiger partial charge in [0.05, 0.1) is 12.6 Å². The minimum absolute atomic E-state index is 0.117. The summed E-state index contributed by atoms with van der Waals surface area (Å²) >= 11 is 0. The number of nitrogens with zero attached hydrogens (tertiary/aromatic N) is 1. The third kappa shape index (κ3) is 5.83. The Morgan fingerprint density at radius 2 is 1.75 bits per heavy atom. The van der Waals surface area contributed by atoms with E-state index in [2.05, 4.69) is 16.0 Å². The molecule has 4 unspecified atom stereocenters. The van der Waals surface area contributed by atoms with E-state index >= 15 is 0 Å². The zero-order chi connectivity index (χ0) is 23.1. The van der Waals surface area contributed by atoms with Gasteiger partial charge in [0.15, 0.2) is 0 Å². The normalized spacial score (nSPS) is 22.2. The zero-order valence-electron chi connectivity index (χ0n) is 17.8. The maximum atomic E-state index is 13.0.